The van der Waals surface area contributed by atoms with Gasteiger partial charge in [0.1, 0.15) is 17.4 Å². The smallest absolute Gasteiger partial charge is 0.339 e. The molecular weight excluding hydrogens is 552 g/mol. The highest BCUT2D eigenvalue weighted by Gasteiger charge is 2.70. The Morgan fingerprint density at radius 3 is 2.25 bits per heavy atom. The van der Waals surface area contributed by atoms with Gasteiger partial charge in [0.05, 0.1) is 12.5 Å². The summed E-state index contributed by atoms with van der Waals surface area (Å²) in [5.41, 5.74) is 0.317. The van der Waals surface area contributed by atoms with Gasteiger partial charge in [-0.3, -0.25) is 9.59 Å². The van der Waals surface area contributed by atoms with Crippen LogP contribution < -0.4 is 4.74 Å². The van der Waals surface area contributed by atoms with Crippen molar-refractivity contribution < 1.29 is 29.0 Å². The molecule has 0 aromatic heterocycles. The Balaban J connectivity index is 1.36. The molecule has 44 heavy (non-hydrogen) atoms. The average molecular weight is 605 g/mol. The maximum absolute atomic E-state index is 14.7. The van der Waals surface area contributed by atoms with E-state index in [0.29, 0.717) is 5.75 Å². The molecule has 0 spiro atoms. The highest BCUT2D eigenvalue weighted by Crippen LogP contribution is 2.75. The number of methoxy groups -OCH3 is 1. The highest BCUT2D eigenvalue weighted by molar-refractivity contribution is 5.96. The third-order valence-corrected chi connectivity index (χ3v) is 14.6. The van der Waals surface area contributed by atoms with Crippen LogP contribution in [-0.4, -0.2) is 36.0 Å². The third-order valence-electron chi connectivity index (χ3n) is 14.6. The van der Waals surface area contributed by atoms with E-state index in [0.717, 1.165) is 57.8 Å². The van der Waals surface area contributed by atoms with Gasteiger partial charge < -0.3 is 14.6 Å². The van der Waals surface area contributed by atoms with E-state index < -0.39 is 11.4 Å². The lowest BCUT2D eigenvalue weighted by Crippen LogP contribution is -2.67. The number of rotatable bonds is 4. The Hall–Kier alpha value is -2.63. The van der Waals surface area contributed by atoms with Crippen molar-refractivity contribution >= 4 is 17.7 Å². The number of benzene rings is 1. The summed E-state index contributed by atoms with van der Waals surface area (Å²) in [4.78, 5) is 39.6. The van der Waals surface area contributed by atoms with Crippen molar-refractivity contribution in [2.75, 3.05) is 7.11 Å². The highest BCUT2D eigenvalue weighted by atomic mass is 16.5. The van der Waals surface area contributed by atoms with E-state index in [1.54, 1.807) is 18.2 Å². The molecule has 9 atom stereocenters. The van der Waals surface area contributed by atoms with E-state index in [2.05, 4.69) is 54.5 Å². The lowest BCUT2D eigenvalue weighted by Gasteiger charge is -2.70. The normalized spacial score (nSPS) is 44.2. The molecule has 240 valence electrons. The second-order valence-corrected chi connectivity index (χ2v) is 17.0. The minimum atomic E-state index is -0.982. The summed E-state index contributed by atoms with van der Waals surface area (Å²) in [6, 6.07) is 6.92. The zero-order valence-corrected chi connectivity index (χ0v) is 28.0. The number of ether oxygens (including phenoxy) is 2. The van der Waals surface area contributed by atoms with Crippen LogP contribution in [0.3, 0.4) is 0 Å². The Kier molecular flexibility index (Phi) is 7.08. The molecule has 4 unspecified atom stereocenters. The Labute approximate surface area is 263 Å². The molecule has 1 aromatic carbocycles. The van der Waals surface area contributed by atoms with E-state index in [4.69, 9.17) is 9.47 Å². The number of carboxylic acid groups (broad SMARTS) is 1. The maximum atomic E-state index is 14.7. The molecular formula is C38H52O6. The Morgan fingerprint density at radius 2 is 1.57 bits per heavy atom. The fourth-order valence-corrected chi connectivity index (χ4v) is 11.7. The molecule has 5 aliphatic rings. The van der Waals surface area contributed by atoms with Gasteiger partial charge in [-0.05, 0) is 116 Å². The van der Waals surface area contributed by atoms with Gasteiger partial charge in [-0.1, -0.05) is 59.2 Å². The number of allylic oxidation sites excluding steroid dienone is 2. The molecule has 5 aliphatic carbocycles. The summed E-state index contributed by atoms with van der Waals surface area (Å²) in [6.45, 7) is 16.2. The van der Waals surface area contributed by atoms with Gasteiger partial charge in [0.15, 0.2) is 5.78 Å². The standard InChI is InChI=1S/C38H52O6/c1-33(2)28-13-16-38(7)30(36(28,5)15-14-29(33)44-27-12-10-9-11-23(27)31(40)41)26(39)21-24-25-22-35(4,32(42)43-8)18-17-34(25,3)19-20-37(24,38)6/h9-12,21,25,28-30H,13-20,22H2,1-8H3,(H,40,41)/t25?,28?,29?,30?,34-,35+,36+,37-,38-/m1/s1. The summed E-state index contributed by atoms with van der Waals surface area (Å²) in [5, 5.41) is 9.77. The van der Waals surface area contributed by atoms with E-state index in [9.17, 15) is 19.5 Å². The predicted octanol–water partition coefficient (Wildman–Crippen LogP) is 8.29. The molecule has 6 nitrogen and oxygen atoms in total. The summed E-state index contributed by atoms with van der Waals surface area (Å²) in [6.07, 6.45) is 10.3. The summed E-state index contributed by atoms with van der Waals surface area (Å²) < 4.78 is 11.8. The van der Waals surface area contributed by atoms with Gasteiger partial charge in [-0.2, -0.15) is 0 Å². The predicted molar refractivity (Wildman–Crippen MR) is 169 cm³/mol. The van der Waals surface area contributed by atoms with Crippen LogP contribution in [0.2, 0.25) is 0 Å². The summed E-state index contributed by atoms with van der Waals surface area (Å²) >= 11 is 0. The number of aromatic carboxylic acids is 1. The molecule has 6 rings (SSSR count). The molecule has 0 amide bonds. The van der Waals surface area contributed by atoms with Crippen molar-refractivity contribution in [2.45, 2.75) is 112 Å². The van der Waals surface area contributed by atoms with Gasteiger partial charge >= 0.3 is 11.9 Å². The van der Waals surface area contributed by atoms with E-state index >= 15 is 0 Å². The summed E-state index contributed by atoms with van der Waals surface area (Å²) in [5.74, 6) is -0.0443. The van der Waals surface area contributed by atoms with Crippen LogP contribution >= 0.6 is 0 Å². The number of fused-ring (bicyclic) bond motifs is 7. The van der Waals surface area contributed by atoms with Crippen LogP contribution in [-0.2, 0) is 14.3 Å². The molecule has 0 aliphatic heterocycles. The average Bonchev–Trinajstić information content (AvgIpc) is 2.96. The van der Waals surface area contributed by atoms with Crippen molar-refractivity contribution in [1.29, 1.82) is 0 Å². The van der Waals surface area contributed by atoms with Crippen molar-refractivity contribution in [3.05, 3.63) is 41.5 Å². The number of carboxylic acids is 1. The van der Waals surface area contributed by atoms with Crippen molar-refractivity contribution in [1.82, 2.24) is 0 Å². The number of carbonyl (C=O) groups excluding carboxylic acids is 2. The van der Waals surface area contributed by atoms with Crippen LogP contribution in [0.5, 0.6) is 5.75 Å². The molecule has 1 aromatic rings. The molecule has 4 fully saturated rings. The summed E-state index contributed by atoms with van der Waals surface area (Å²) in [7, 11) is 1.49. The topological polar surface area (TPSA) is 89.9 Å². The third kappa shape index (κ3) is 4.14. The van der Waals surface area contributed by atoms with Crippen LogP contribution in [0.15, 0.2) is 35.9 Å². The van der Waals surface area contributed by atoms with Crippen molar-refractivity contribution in [2.24, 2.45) is 50.2 Å². The SMILES string of the molecule is COC(=O)[C@@]1(C)CC[C@]2(C)CC[C@]3(C)C(=CC(=O)C4[C@@]5(C)CCC(Oc6ccccc6C(=O)O)C(C)(C)C5CC[C@]43C)C2C1. The number of ketones is 1. The molecule has 6 heteroatoms. The minimum absolute atomic E-state index is 0.0889. The number of hydrogen-bond acceptors (Lipinski definition) is 5. The van der Waals surface area contributed by atoms with Crippen LogP contribution in [0.25, 0.3) is 0 Å². The van der Waals surface area contributed by atoms with Crippen LogP contribution in [0.1, 0.15) is 117 Å². The monoisotopic (exact) mass is 604 g/mol. The lowest BCUT2D eigenvalue weighted by molar-refractivity contribution is -0.199. The Morgan fingerprint density at radius 1 is 0.886 bits per heavy atom. The molecule has 0 saturated heterocycles. The molecule has 0 heterocycles. The van der Waals surface area contributed by atoms with E-state index in [-0.39, 0.29) is 68.2 Å². The maximum Gasteiger partial charge on any atom is 0.339 e. The largest absolute Gasteiger partial charge is 0.489 e. The number of carbonyl (C=O) groups is 3. The fraction of sp³-hybridized carbons (Fsp3) is 0.711. The number of hydrogen-bond donors (Lipinski definition) is 1. The molecule has 4 saturated carbocycles. The van der Waals surface area contributed by atoms with Gasteiger partial charge in [-0.25, -0.2) is 4.79 Å². The van der Waals surface area contributed by atoms with Crippen LogP contribution in [0, 0.1) is 50.2 Å². The fourth-order valence-electron chi connectivity index (χ4n) is 11.7. The first-order valence-electron chi connectivity index (χ1n) is 16.8. The zero-order valence-electron chi connectivity index (χ0n) is 28.0. The number of esters is 1. The van der Waals surface area contributed by atoms with Gasteiger partial charge in [0.2, 0.25) is 0 Å². The Bertz CT molecular complexity index is 1430. The van der Waals surface area contributed by atoms with Gasteiger partial charge in [-0.15, -0.1) is 0 Å². The van der Waals surface area contributed by atoms with Crippen molar-refractivity contribution in [3.8, 4) is 5.75 Å². The van der Waals surface area contributed by atoms with E-state index in [1.165, 1.54) is 12.7 Å². The molecule has 1 N–H and O–H groups in total. The first-order valence-corrected chi connectivity index (χ1v) is 16.8. The minimum Gasteiger partial charge on any atom is -0.489 e. The lowest BCUT2D eigenvalue weighted by atomic mass is 9.33. The van der Waals surface area contributed by atoms with Crippen molar-refractivity contribution in [3.63, 3.8) is 0 Å². The second kappa shape index (κ2) is 9.93. The quantitative estimate of drug-likeness (QED) is 0.348. The van der Waals surface area contributed by atoms with Crippen LogP contribution in [0.4, 0.5) is 0 Å². The number of para-hydroxylation sites is 1. The van der Waals surface area contributed by atoms with E-state index in [1.807, 2.05) is 6.07 Å². The molecule has 0 radical (unpaired) electrons. The van der Waals surface area contributed by atoms with Gasteiger partial charge in [0.25, 0.3) is 0 Å². The first-order chi connectivity index (χ1) is 20.5. The first kappa shape index (κ1) is 31.4. The second-order valence-electron chi connectivity index (χ2n) is 17.0. The zero-order chi connectivity index (χ0) is 32.1. The molecule has 0 bridgehead atoms. The van der Waals surface area contributed by atoms with Gasteiger partial charge in [0, 0.05) is 11.3 Å².